The average Bonchev–Trinajstić information content (AvgIpc) is 3.41. The van der Waals surface area contributed by atoms with Crippen LogP contribution in [0.5, 0.6) is 0 Å². The van der Waals surface area contributed by atoms with Crippen molar-refractivity contribution >= 4 is 33.2 Å². The van der Waals surface area contributed by atoms with Crippen LogP contribution < -0.4 is 10.2 Å². The normalized spacial score (nSPS) is 20.3. The van der Waals surface area contributed by atoms with Gasteiger partial charge in [0.05, 0.1) is 5.56 Å². The fraction of sp³-hybridized carbons (Fsp3) is 0.500. The van der Waals surface area contributed by atoms with Crippen LogP contribution >= 0.6 is 0 Å². The Morgan fingerprint density at radius 2 is 1.89 bits per heavy atom. The lowest BCUT2D eigenvalue weighted by atomic mass is 10.0. The Balaban J connectivity index is 1.53. The zero-order valence-electron chi connectivity index (χ0n) is 20.8. The Labute approximate surface area is 213 Å². The molecule has 0 bridgehead atoms. The number of hydrogen-bond acceptors (Lipinski definition) is 7. The van der Waals surface area contributed by atoms with Crippen LogP contribution in [0.15, 0.2) is 46.0 Å². The van der Waals surface area contributed by atoms with E-state index >= 15 is 0 Å². The smallest absolute Gasteiger partial charge is 0.442 e. The predicted molar refractivity (Wildman–Crippen MR) is 131 cm³/mol. The van der Waals surface area contributed by atoms with E-state index in [1.165, 1.54) is 30.7 Å². The first-order valence-electron chi connectivity index (χ1n) is 11.6. The maximum Gasteiger partial charge on any atom is 0.442 e. The summed E-state index contributed by atoms with van der Waals surface area (Å²) in [6, 6.07) is 4.46. The molecule has 2 amide bonds. The van der Waals surface area contributed by atoms with Gasteiger partial charge in [-0.2, -0.15) is 13.2 Å². The number of nitrogens with one attached hydrogen (secondary N) is 1. The number of aromatic nitrogens is 2. The number of carbonyl (C=O) groups is 2. The molecule has 1 spiro atoms. The monoisotopic (exact) mass is 539 g/mol. The van der Waals surface area contributed by atoms with Crippen molar-refractivity contribution in [1.29, 1.82) is 0 Å². The minimum Gasteiger partial charge on any atom is -0.442 e. The van der Waals surface area contributed by atoms with Crippen molar-refractivity contribution in [2.75, 3.05) is 23.0 Å². The second-order valence-corrected chi connectivity index (χ2v) is 12.7. The van der Waals surface area contributed by atoms with Gasteiger partial charge in [0.15, 0.2) is 0 Å². The van der Waals surface area contributed by atoms with E-state index in [1.54, 1.807) is 25.7 Å². The van der Waals surface area contributed by atoms with Crippen molar-refractivity contribution < 1.29 is 31.7 Å². The third kappa shape index (κ3) is 6.38. The molecule has 2 atom stereocenters. The number of ether oxygens (including phenoxy) is 1. The molecule has 1 saturated heterocycles. The topological polar surface area (TPSA) is 114 Å². The molecule has 200 valence electrons. The zero-order chi connectivity index (χ0) is 27.2. The summed E-state index contributed by atoms with van der Waals surface area (Å²) in [5.74, 6) is -0.0885. The van der Waals surface area contributed by atoms with E-state index < -0.39 is 39.2 Å². The number of anilines is 2. The molecule has 1 N–H and O–H groups in total. The number of nitrogens with zero attached hydrogens (tertiary/aromatic N) is 4. The van der Waals surface area contributed by atoms with Crippen LogP contribution in [-0.4, -0.2) is 50.6 Å². The molecule has 2 aromatic heterocycles. The number of alkyl halides is 3. The second-order valence-electron chi connectivity index (χ2n) is 10.5. The van der Waals surface area contributed by atoms with Crippen molar-refractivity contribution in [2.24, 2.45) is 9.78 Å². The van der Waals surface area contributed by atoms with Gasteiger partial charge in [-0.1, -0.05) is 0 Å². The Morgan fingerprint density at radius 3 is 2.46 bits per heavy atom. The van der Waals surface area contributed by atoms with Crippen LogP contribution in [0.25, 0.3) is 0 Å². The van der Waals surface area contributed by atoms with Gasteiger partial charge in [-0.15, -0.1) is 4.36 Å². The van der Waals surface area contributed by atoms with E-state index in [4.69, 9.17) is 4.74 Å². The summed E-state index contributed by atoms with van der Waals surface area (Å²) < 4.78 is 60.7. The third-order valence-electron chi connectivity index (χ3n) is 6.17. The molecule has 2 fully saturated rings. The molecule has 13 heteroatoms. The van der Waals surface area contributed by atoms with Crippen molar-refractivity contribution in [3.63, 3.8) is 0 Å². The molecule has 37 heavy (non-hydrogen) atoms. The molecule has 0 radical (unpaired) electrons. The number of amides is 2. The summed E-state index contributed by atoms with van der Waals surface area (Å²) in [6.07, 6.45) is 0.256. The molecule has 4 rings (SSSR count). The summed E-state index contributed by atoms with van der Waals surface area (Å²) in [5, 5.41) is 2.77. The molecule has 3 heterocycles. The summed E-state index contributed by atoms with van der Waals surface area (Å²) in [7, 11) is -3.26. The van der Waals surface area contributed by atoms with Gasteiger partial charge >= 0.3 is 12.3 Å². The van der Waals surface area contributed by atoms with E-state index in [1.807, 2.05) is 0 Å². The van der Waals surface area contributed by atoms with Crippen LogP contribution in [0.1, 0.15) is 45.6 Å². The van der Waals surface area contributed by atoms with Crippen molar-refractivity contribution in [2.45, 2.75) is 62.9 Å². The third-order valence-corrected chi connectivity index (χ3v) is 7.67. The Kier molecular flexibility index (Phi) is 6.72. The first kappa shape index (κ1) is 26.8. The standard InChI is InChI=1S/C24H28F3N5O4S/c1-22(2,3)36-21(34)31-37(4,35)19-11-16(7-10-28-19)30-20(33)17-12-23(8-9-23)14-32(17)18-6-5-15(13-29-18)24(25,26)27/h5-7,10-11,13,17H,8-9,12,14H2,1-4H3,(H,28,30,33)/t17?,37-/m1/s1. The molecular formula is C24H28F3N5O4S. The quantitative estimate of drug-likeness (QED) is 0.589. The molecule has 9 nitrogen and oxygen atoms in total. The lowest BCUT2D eigenvalue weighted by Crippen LogP contribution is -2.40. The Hall–Kier alpha value is -3.22. The van der Waals surface area contributed by atoms with Gasteiger partial charge < -0.3 is 15.0 Å². The molecular weight excluding hydrogens is 511 g/mol. The lowest BCUT2D eigenvalue weighted by Gasteiger charge is -2.25. The van der Waals surface area contributed by atoms with E-state index in [0.29, 0.717) is 24.5 Å². The second kappa shape index (κ2) is 9.26. The highest BCUT2D eigenvalue weighted by Crippen LogP contribution is 2.55. The van der Waals surface area contributed by atoms with Crippen molar-refractivity contribution in [3.8, 4) is 0 Å². The number of rotatable bonds is 4. The number of carbonyl (C=O) groups excluding carboxylic acids is 2. The minimum absolute atomic E-state index is 0.0116. The highest BCUT2D eigenvalue weighted by Gasteiger charge is 2.54. The zero-order valence-corrected chi connectivity index (χ0v) is 21.7. The van der Waals surface area contributed by atoms with Crippen LogP contribution in [0, 0.1) is 5.41 Å². The average molecular weight is 540 g/mol. The van der Waals surface area contributed by atoms with Gasteiger partial charge in [-0.3, -0.25) is 4.79 Å². The SMILES string of the molecule is CC(C)(C)OC(=O)N=[S@](C)(=O)c1cc(NC(=O)C2CC3(CC3)CN2c2ccc(C(F)(F)F)cn2)ccn1. The maximum atomic E-state index is 13.3. The maximum absolute atomic E-state index is 13.3. The van der Waals surface area contributed by atoms with Gasteiger partial charge in [0.2, 0.25) is 5.91 Å². The summed E-state index contributed by atoms with van der Waals surface area (Å²) >= 11 is 0. The van der Waals surface area contributed by atoms with Gasteiger partial charge in [0.1, 0.15) is 32.2 Å². The molecule has 2 aromatic rings. The van der Waals surface area contributed by atoms with Crippen molar-refractivity contribution in [1.82, 2.24) is 9.97 Å². The minimum atomic E-state index is -4.50. The first-order chi connectivity index (χ1) is 17.1. The fourth-order valence-corrected chi connectivity index (χ4v) is 5.20. The number of halogens is 3. The molecule has 1 aliphatic carbocycles. The molecule has 1 aliphatic heterocycles. The highest BCUT2D eigenvalue weighted by molar-refractivity contribution is 7.93. The van der Waals surface area contributed by atoms with Gasteiger partial charge in [0, 0.05) is 30.9 Å². The Bertz CT molecular complexity index is 1330. The van der Waals surface area contributed by atoms with E-state index in [9.17, 15) is 27.0 Å². The lowest BCUT2D eigenvalue weighted by molar-refractivity contribution is -0.137. The number of hydrogen-bond donors (Lipinski definition) is 1. The summed E-state index contributed by atoms with van der Waals surface area (Å²) in [4.78, 5) is 35.1. The van der Waals surface area contributed by atoms with E-state index in [0.717, 1.165) is 25.1 Å². The van der Waals surface area contributed by atoms with Gasteiger partial charge in [-0.05, 0) is 69.7 Å². The van der Waals surface area contributed by atoms with E-state index in [2.05, 4.69) is 19.6 Å². The first-order valence-corrected chi connectivity index (χ1v) is 13.5. The van der Waals surface area contributed by atoms with Crippen LogP contribution in [0.2, 0.25) is 0 Å². The summed E-state index contributed by atoms with van der Waals surface area (Å²) in [5.41, 5.74) is -1.43. The highest BCUT2D eigenvalue weighted by atomic mass is 32.2. The van der Waals surface area contributed by atoms with E-state index in [-0.39, 0.29) is 16.3 Å². The Morgan fingerprint density at radius 1 is 1.19 bits per heavy atom. The number of pyridine rings is 2. The predicted octanol–water partition coefficient (Wildman–Crippen LogP) is 4.88. The van der Waals surface area contributed by atoms with Crippen molar-refractivity contribution in [3.05, 3.63) is 42.2 Å². The van der Waals surface area contributed by atoms with Crippen LogP contribution in [0.4, 0.5) is 29.5 Å². The molecule has 2 aliphatic rings. The summed E-state index contributed by atoms with van der Waals surface area (Å²) in [6.45, 7) is 5.49. The van der Waals surface area contributed by atoms with Gasteiger partial charge in [-0.25, -0.2) is 19.0 Å². The van der Waals surface area contributed by atoms with Crippen LogP contribution in [-0.2, 0) is 25.4 Å². The molecule has 1 saturated carbocycles. The largest absolute Gasteiger partial charge is 0.442 e. The molecule has 0 aromatic carbocycles. The van der Waals surface area contributed by atoms with Crippen LogP contribution in [0.3, 0.4) is 0 Å². The molecule has 1 unspecified atom stereocenters. The fourth-order valence-electron chi connectivity index (χ4n) is 4.18. The van der Waals surface area contributed by atoms with Gasteiger partial charge in [0.25, 0.3) is 0 Å².